The summed E-state index contributed by atoms with van der Waals surface area (Å²) in [4.78, 5) is 9.92. The molecular weight excluding hydrogens is 164 g/mol. The molecule has 0 unspecified atom stereocenters. The molecule has 2 heteroatoms. The molecule has 0 N–H and O–H groups in total. The SMILES string of the molecule is [CH2][C@H](CCCCCCC=C)OC=O. The summed E-state index contributed by atoms with van der Waals surface area (Å²) in [6, 6.07) is 0. The van der Waals surface area contributed by atoms with Gasteiger partial charge in [-0.3, -0.25) is 4.79 Å². The van der Waals surface area contributed by atoms with Gasteiger partial charge < -0.3 is 4.74 Å². The monoisotopic (exact) mass is 183 g/mol. The van der Waals surface area contributed by atoms with Gasteiger partial charge in [0.25, 0.3) is 6.47 Å². The first kappa shape index (κ1) is 12.2. The first-order valence-electron chi connectivity index (χ1n) is 4.84. The van der Waals surface area contributed by atoms with Crippen LogP contribution in [0.25, 0.3) is 0 Å². The number of carbonyl (C=O) groups is 1. The van der Waals surface area contributed by atoms with E-state index in [2.05, 4.69) is 18.2 Å². The van der Waals surface area contributed by atoms with Crippen LogP contribution >= 0.6 is 0 Å². The number of allylic oxidation sites excluding steroid dienone is 1. The third kappa shape index (κ3) is 9.12. The normalized spacial score (nSPS) is 12.1. The van der Waals surface area contributed by atoms with Gasteiger partial charge in [-0.15, -0.1) is 6.58 Å². The van der Waals surface area contributed by atoms with Gasteiger partial charge in [0.1, 0.15) is 6.10 Å². The topological polar surface area (TPSA) is 26.3 Å². The van der Waals surface area contributed by atoms with Crippen molar-refractivity contribution in [2.45, 2.75) is 44.6 Å². The van der Waals surface area contributed by atoms with E-state index in [0.29, 0.717) is 6.47 Å². The van der Waals surface area contributed by atoms with E-state index in [0.717, 1.165) is 19.3 Å². The quantitative estimate of drug-likeness (QED) is 0.312. The van der Waals surface area contributed by atoms with Gasteiger partial charge in [-0.25, -0.2) is 0 Å². The fraction of sp³-hybridized carbons (Fsp3) is 0.636. The number of hydrogen-bond acceptors (Lipinski definition) is 2. The Bertz CT molecular complexity index is 132. The zero-order chi connectivity index (χ0) is 9.94. The summed E-state index contributed by atoms with van der Waals surface area (Å²) >= 11 is 0. The van der Waals surface area contributed by atoms with Crippen LogP contribution in [0, 0.1) is 6.92 Å². The minimum Gasteiger partial charge on any atom is -0.465 e. The number of hydrogen-bond donors (Lipinski definition) is 0. The number of carbonyl (C=O) groups excluding carboxylic acids is 1. The van der Waals surface area contributed by atoms with E-state index < -0.39 is 0 Å². The Labute approximate surface area is 81.0 Å². The van der Waals surface area contributed by atoms with Gasteiger partial charge >= 0.3 is 0 Å². The molecule has 0 spiro atoms. The maximum absolute atomic E-state index is 9.92. The summed E-state index contributed by atoms with van der Waals surface area (Å²) in [6.45, 7) is 7.82. The Hall–Kier alpha value is -0.790. The summed E-state index contributed by atoms with van der Waals surface area (Å²) in [6.07, 6.45) is 8.43. The smallest absolute Gasteiger partial charge is 0.293 e. The first-order chi connectivity index (χ1) is 6.31. The van der Waals surface area contributed by atoms with Gasteiger partial charge in [-0.05, 0) is 32.6 Å². The van der Waals surface area contributed by atoms with Crippen LogP contribution in [-0.4, -0.2) is 12.6 Å². The highest BCUT2D eigenvalue weighted by molar-refractivity contribution is 5.37. The molecule has 0 aromatic heterocycles. The lowest BCUT2D eigenvalue weighted by Crippen LogP contribution is -2.06. The van der Waals surface area contributed by atoms with Crippen LogP contribution in [0.1, 0.15) is 38.5 Å². The molecule has 13 heavy (non-hydrogen) atoms. The van der Waals surface area contributed by atoms with Crippen molar-refractivity contribution in [1.82, 2.24) is 0 Å². The molecule has 0 heterocycles. The van der Waals surface area contributed by atoms with Crippen molar-refractivity contribution < 1.29 is 9.53 Å². The molecule has 0 aliphatic heterocycles. The average Bonchev–Trinajstić information content (AvgIpc) is 2.11. The van der Waals surface area contributed by atoms with E-state index in [4.69, 9.17) is 0 Å². The second-order valence-corrected chi connectivity index (χ2v) is 3.13. The highest BCUT2D eigenvalue weighted by Crippen LogP contribution is 2.08. The lowest BCUT2D eigenvalue weighted by Gasteiger charge is -2.07. The van der Waals surface area contributed by atoms with Crippen LogP contribution in [0.2, 0.25) is 0 Å². The molecule has 1 atom stereocenters. The zero-order valence-corrected chi connectivity index (χ0v) is 8.21. The maximum atomic E-state index is 9.92. The predicted octanol–water partition coefficient (Wildman–Crippen LogP) is 2.89. The van der Waals surface area contributed by atoms with Crippen LogP contribution in [-0.2, 0) is 9.53 Å². The highest BCUT2D eigenvalue weighted by Gasteiger charge is 2.00. The summed E-state index contributed by atoms with van der Waals surface area (Å²) < 4.78 is 4.66. The van der Waals surface area contributed by atoms with Crippen molar-refractivity contribution >= 4 is 6.47 Å². The third-order valence-electron chi connectivity index (χ3n) is 1.93. The fourth-order valence-electron chi connectivity index (χ4n) is 1.16. The molecule has 2 nitrogen and oxygen atoms in total. The standard InChI is InChI=1S/C11H19O2/c1-3-4-5-6-7-8-9-11(2)13-10-12/h3,10-11H,1-2,4-9H2/t11-/m1/s1. The van der Waals surface area contributed by atoms with Crippen LogP contribution in [0.15, 0.2) is 12.7 Å². The van der Waals surface area contributed by atoms with Crippen molar-refractivity contribution in [2.24, 2.45) is 0 Å². The van der Waals surface area contributed by atoms with E-state index in [1.807, 2.05) is 6.08 Å². The van der Waals surface area contributed by atoms with Crippen molar-refractivity contribution in [3.63, 3.8) is 0 Å². The van der Waals surface area contributed by atoms with Gasteiger partial charge in [-0.1, -0.05) is 18.9 Å². The van der Waals surface area contributed by atoms with Crippen LogP contribution < -0.4 is 0 Å². The Morgan fingerprint density at radius 2 is 1.92 bits per heavy atom. The fourth-order valence-corrected chi connectivity index (χ4v) is 1.16. The average molecular weight is 183 g/mol. The Kier molecular flexibility index (Phi) is 8.73. The molecule has 0 aliphatic carbocycles. The molecule has 0 aromatic rings. The maximum Gasteiger partial charge on any atom is 0.293 e. The summed E-state index contributed by atoms with van der Waals surface area (Å²) in [5, 5.41) is 0. The van der Waals surface area contributed by atoms with E-state index in [-0.39, 0.29) is 6.10 Å². The molecule has 0 bridgehead atoms. The minimum atomic E-state index is -0.170. The largest absolute Gasteiger partial charge is 0.465 e. The third-order valence-corrected chi connectivity index (χ3v) is 1.93. The molecule has 0 rings (SSSR count). The van der Waals surface area contributed by atoms with Gasteiger partial charge in [0.15, 0.2) is 0 Å². The van der Waals surface area contributed by atoms with Crippen LogP contribution in [0.5, 0.6) is 0 Å². The van der Waals surface area contributed by atoms with E-state index in [1.165, 1.54) is 19.3 Å². The molecule has 0 fully saturated rings. The molecule has 0 aliphatic rings. The summed E-state index contributed by atoms with van der Waals surface area (Å²) in [7, 11) is 0. The van der Waals surface area contributed by atoms with Crippen molar-refractivity contribution in [3.05, 3.63) is 19.6 Å². The van der Waals surface area contributed by atoms with Crippen LogP contribution in [0.4, 0.5) is 0 Å². The summed E-state index contributed by atoms with van der Waals surface area (Å²) in [5.41, 5.74) is 0. The molecular formula is C11H19O2. The van der Waals surface area contributed by atoms with Crippen molar-refractivity contribution in [3.8, 4) is 0 Å². The van der Waals surface area contributed by atoms with E-state index >= 15 is 0 Å². The number of unbranched alkanes of at least 4 members (excludes halogenated alkanes) is 4. The van der Waals surface area contributed by atoms with Gasteiger partial charge in [-0.2, -0.15) is 0 Å². The van der Waals surface area contributed by atoms with Crippen LogP contribution in [0.3, 0.4) is 0 Å². The predicted molar refractivity (Wildman–Crippen MR) is 54.2 cm³/mol. The molecule has 75 valence electrons. The van der Waals surface area contributed by atoms with Gasteiger partial charge in [0.05, 0.1) is 0 Å². The second-order valence-electron chi connectivity index (χ2n) is 3.13. The lowest BCUT2D eigenvalue weighted by molar-refractivity contribution is -0.131. The summed E-state index contributed by atoms with van der Waals surface area (Å²) in [5.74, 6) is 0. The molecule has 0 amide bonds. The highest BCUT2D eigenvalue weighted by atomic mass is 16.5. The minimum absolute atomic E-state index is 0.170. The number of rotatable bonds is 9. The molecule has 0 saturated heterocycles. The van der Waals surface area contributed by atoms with Crippen molar-refractivity contribution in [1.29, 1.82) is 0 Å². The Morgan fingerprint density at radius 1 is 1.23 bits per heavy atom. The second kappa shape index (κ2) is 9.30. The van der Waals surface area contributed by atoms with E-state index in [1.54, 1.807) is 0 Å². The molecule has 0 saturated carbocycles. The van der Waals surface area contributed by atoms with Gasteiger partial charge in [0.2, 0.25) is 0 Å². The van der Waals surface area contributed by atoms with Crippen molar-refractivity contribution in [2.75, 3.05) is 0 Å². The Balaban J connectivity index is 3.05. The Morgan fingerprint density at radius 3 is 2.54 bits per heavy atom. The zero-order valence-electron chi connectivity index (χ0n) is 8.21. The van der Waals surface area contributed by atoms with Gasteiger partial charge in [0, 0.05) is 0 Å². The molecule has 1 radical (unpaired) electrons. The molecule has 0 aromatic carbocycles. The lowest BCUT2D eigenvalue weighted by atomic mass is 10.1. The first-order valence-corrected chi connectivity index (χ1v) is 4.84. The van der Waals surface area contributed by atoms with E-state index in [9.17, 15) is 4.79 Å². The number of ether oxygens (including phenoxy) is 1.